The lowest BCUT2D eigenvalue weighted by Crippen LogP contribution is -2.50. The minimum absolute atomic E-state index is 0.280. The second-order valence-corrected chi connectivity index (χ2v) is 4.96. The first-order chi connectivity index (χ1) is 9.99. The van der Waals surface area contributed by atoms with E-state index in [1.54, 1.807) is 0 Å². The quantitative estimate of drug-likeness (QED) is 0.776. The van der Waals surface area contributed by atoms with Crippen molar-refractivity contribution in [1.82, 2.24) is 10.2 Å². The first-order valence-corrected chi connectivity index (χ1v) is 6.71. The van der Waals surface area contributed by atoms with E-state index < -0.39 is 30.0 Å². The summed E-state index contributed by atoms with van der Waals surface area (Å²) in [5, 5.41) is 21.2. The average Bonchev–Trinajstić information content (AvgIpc) is 2.98. The van der Waals surface area contributed by atoms with Crippen molar-refractivity contribution in [2.75, 3.05) is 13.1 Å². The Labute approximate surface area is 121 Å². The maximum Gasteiger partial charge on any atom is 0.405 e. The minimum Gasteiger partial charge on any atom is -0.465 e. The smallest absolute Gasteiger partial charge is 0.405 e. The Kier molecular flexibility index (Phi) is 4.74. The van der Waals surface area contributed by atoms with Crippen molar-refractivity contribution >= 4 is 12.0 Å². The molecule has 0 spiro atoms. The van der Waals surface area contributed by atoms with Crippen molar-refractivity contribution in [3.05, 3.63) is 35.6 Å². The molecule has 2 rings (SSSR count). The molecule has 0 saturated carbocycles. The molecule has 0 aromatic heterocycles. The fraction of sp³-hybridized carbons (Fsp3) is 0.429. The number of aliphatic hydroxyl groups excluding tert-OH is 1. The van der Waals surface area contributed by atoms with E-state index in [1.165, 1.54) is 17.0 Å². The van der Waals surface area contributed by atoms with Gasteiger partial charge in [0.2, 0.25) is 5.91 Å². The molecule has 1 heterocycles. The van der Waals surface area contributed by atoms with Gasteiger partial charge in [0.05, 0.1) is 0 Å². The lowest BCUT2D eigenvalue weighted by Gasteiger charge is -2.26. The van der Waals surface area contributed by atoms with Crippen LogP contribution in [-0.4, -0.2) is 46.2 Å². The Hall–Kier alpha value is -2.15. The summed E-state index contributed by atoms with van der Waals surface area (Å²) >= 11 is 0. The molecular formula is C14H17FN2O4. The van der Waals surface area contributed by atoms with E-state index in [-0.39, 0.29) is 5.56 Å². The van der Waals surface area contributed by atoms with E-state index in [0.29, 0.717) is 13.1 Å². The number of aliphatic hydroxyl groups is 1. The van der Waals surface area contributed by atoms with Gasteiger partial charge in [0, 0.05) is 13.1 Å². The van der Waals surface area contributed by atoms with Crippen molar-refractivity contribution in [2.45, 2.75) is 25.0 Å². The second kappa shape index (κ2) is 6.53. The van der Waals surface area contributed by atoms with Crippen LogP contribution in [0.3, 0.4) is 0 Å². The fourth-order valence-electron chi connectivity index (χ4n) is 2.40. The number of carbonyl (C=O) groups excluding carboxylic acids is 1. The van der Waals surface area contributed by atoms with Crippen LogP contribution in [0.4, 0.5) is 9.18 Å². The van der Waals surface area contributed by atoms with Crippen molar-refractivity contribution < 1.29 is 24.2 Å². The molecule has 2 amide bonds. The van der Waals surface area contributed by atoms with Crippen LogP contribution in [0.25, 0.3) is 0 Å². The summed E-state index contributed by atoms with van der Waals surface area (Å²) in [6.07, 6.45) is -1.04. The van der Waals surface area contributed by atoms with E-state index in [9.17, 15) is 19.1 Å². The highest BCUT2D eigenvalue weighted by atomic mass is 19.1. The third-order valence-corrected chi connectivity index (χ3v) is 3.49. The van der Waals surface area contributed by atoms with E-state index in [0.717, 1.165) is 25.0 Å². The Morgan fingerprint density at radius 2 is 1.76 bits per heavy atom. The lowest BCUT2D eigenvalue weighted by molar-refractivity contribution is -0.135. The molecular weight excluding hydrogens is 279 g/mol. The number of likely N-dealkylation sites (tertiary alicyclic amines) is 1. The van der Waals surface area contributed by atoms with Crippen molar-refractivity contribution in [3.8, 4) is 0 Å². The Morgan fingerprint density at radius 1 is 1.19 bits per heavy atom. The van der Waals surface area contributed by atoms with E-state index >= 15 is 0 Å². The molecule has 2 atom stereocenters. The monoisotopic (exact) mass is 296 g/mol. The second-order valence-electron chi connectivity index (χ2n) is 4.96. The summed E-state index contributed by atoms with van der Waals surface area (Å²) in [6, 6.07) is 3.65. The Bertz CT molecular complexity index is 514. The molecule has 0 unspecified atom stereocenters. The van der Waals surface area contributed by atoms with Crippen LogP contribution in [0, 0.1) is 5.82 Å². The van der Waals surface area contributed by atoms with E-state index in [4.69, 9.17) is 5.11 Å². The zero-order chi connectivity index (χ0) is 15.4. The van der Waals surface area contributed by atoms with Crippen molar-refractivity contribution in [2.24, 2.45) is 0 Å². The lowest BCUT2D eigenvalue weighted by atomic mass is 10.0. The number of halogens is 1. The molecule has 6 nitrogen and oxygen atoms in total. The normalized spacial score (nSPS) is 17.3. The van der Waals surface area contributed by atoms with E-state index in [2.05, 4.69) is 5.32 Å². The fourth-order valence-corrected chi connectivity index (χ4v) is 2.40. The molecule has 3 N–H and O–H groups in total. The first-order valence-electron chi connectivity index (χ1n) is 6.71. The molecule has 21 heavy (non-hydrogen) atoms. The molecule has 1 fully saturated rings. The maximum absolute atomic E-state index is 12.9. The van der Waals surface area contributed by atoms with Crippen LogP contribution in [0.2, 0.25) is 0 Å². The SMILES string of the molecule is O=C(O)N[C@@H](C(=O)N1CCCC1)[C@@H](O)c1ccc(F)cc1. The number of hydrogen-bond acceptors (Lipinski definition) is 3. The molecule has 1 aromatic carbocycles. The van der Waals surface area contributed by atoms with Gasteiger partial charge in [-0.15, -0.1) is 0 Å². The van der Waals surface area contributed by atoms with E-state index in [1.807, 2.05) is 0 Å². The van der Waals surface area contributed by atoms with Crippen LogP contribution < -0.4 is 5.32 Å². The van der Waals surface area contributed by atoms with Crippen LogP contribution in [0.15, 0.2) is 24.3 Å². The summed E-state index contributed by atoms with van der Waals surface area (Å²) < 4.78 is 12.9. The van der Waals surface area contributed by atoms with Crippen LogP contribution >= 0.6 is 0 Å². The molecule has 1 aliphatic heterocycles. The summed E-state index contributed by atoms with van der Waals surface area (Å²) in [6.45, 7) is 1.10. The third kappa shape index (κ3) is 3.69. The number of rotatable bonds is 4. The average molecular weight is 296 g/mol. The predicted octanol–water partition coefficient (Wildman–Crippen LogP) is 1.12. The summed E-state index contributed by atoms with van der Waals surface area (Å²) in [5.74, 6) is -0.939. The molecule has 0 radical (unpaired) electrons. The Morgan fingerprint density at radius 3 is 2.29 bits per heavy atom. The van der Waals surface area contributed by atoms with Gasteiger partial charge in [-0.05, 0) is 30.5 Å². The number of amides is 2. The Balaban J connectivity index is 2.19. The van der Waals surface area contributed by atoms with Gasteiger partial charge in [-0.2, -0.15) is 0 Å². The van der Waals surface area contributed by atoms with Crippen LogP contribution in [0.1, 0.15) is 24.5 Å². The number of benzene rings is 1. The third-order valence-electron chi connectivity index (χ3n) is 3.49. The number of hydrogen-bond donors (Lipinski definition) is 3. The highest BCUT2D eigenvalue weighted by Crippen LogP contribution is 2.20. The van der Waals surface area contributed by atoms with Gasteiger partial charge in [-0.3, -0.25) is 4.79 Å². The molecule has 1 saturated heterocycles. The summed E-state index contributed by atoms with van der Waals surface area (Å²) in [5.41, 5.74) is 0.280. The molecule has 0 aliphatic carbocycles. The van der Waals surface area contributed by atoms with Gasteiger partial charge in [-0.25, -0.2) is 9.18 Å². The predicted molar refractivity (Wildman–Crippen MR) is 72.1 cm³/mol. The number of carboxylic acid groups (broad SMARTS) is 1. The van der Waals surface area contributed by atoms with Gasteiger partial charge in [-0.1, -0.05) is 12.1 Å². The number of nitrogens with one attached hydrogen (secondary N) is 1. The van der Waals surface area contributed by atoms with Crippen molar-refractivity contribution in [3.63, 3.8) is 0 Å². The zero-order valence-corrected chi connectivity index (χ0v) is 11.3. The van der Waals surface area contributed by atoms with Crippen LogP contribution in [0.5, 0.6) is 0 Å². The topological polar surface area (TPSA) is 89.9 Å². The first kappa shape index (κ1) is 15.2. The van der Waals surface area contributed by atoms with Gasteiger partial charge in [0.25, 0.3) is 0 Å². The highest BCUT2D eigenvalue weighted by Gasteiger charge is 2.34. The largest absolute Gasteiger partial charge is 0.465 e. The molecule has 0 bridgehead atoms. The van der Waals surface area contributed by atoms with Gasteiger partial charge in [0.15, 0.2) is 0 Å². The van der Waals surface area contributed by atoms with Gasteiger partial charge in [0.1, 0.15) is 18.0 Å². The summed E-state index contributed by atoms with van der Waals surface area (Å²) in [4.78, 5) is 24.7. The van der Waals surface area contributed by atoms with Gasteiger partial charge < -0.3 is 20.4 Å². The number of carbonyl (C=O) groups is 2. The van der Waals surface area contributed by atoms with Crippen molar-refractivity contribution in [1.29, 1.82) is 0 Å². The zero-order valence-electron chi connectivity index (χ0n) is 11.3. The molecule has 1 aromatic rings. The standard InChI is InChI=1S/C14H17FN2O4/c15-10-5-3-9(4-6-10)12(18)11(16-14(20)21)13(19)17-7-1-2-8-17/h3-6,11-12,16,18H,1-2,7-8H2,(H,20,21)/t11-,12+/m1/s1. The molecule has 1 aliphatic rings. The molecule has 114 valence electrons. The van der Waals surface area contributed by atoms with Crippen LogP contribution in [-0.2, 0) is 4.79 Å². The van der Waals surface area contributed by atoms with Gasteiger partial charge >= 0.3 is 6.09 Å². The minimum atomic E-state index is -1.39. The highest BCUT2D eigenvalue weighted by molar-refractivity contribution is 5.86. The summed E-state index contributed by atoms with van der Waals surface area (Å²) in [7, 11) is 0. The number of nitrogens with zero attached hydrogens (tertiary/aromatic N) is 1. The maximum atomic E-state index is 12.9. The molecule has 7 heteroatoms.